The van der Waals surface area contributed by atoms with Crippen molar-refractivity contribution in [3.63, 3.8) is 0 Å². The van der Waals surface area contributed by atoms with Gasteiger partial charge in [0.15, 0.2) is 5.82 Å². The summed E-state index contributed by atoms with van der Waals surface area (Å²) in [6, 6.07) is 2.73. The van der Waals surface area contributed by atoms with Gasteiger partial charge in [0.2, 0.25) is 0 Å². The van der Waals surface area contributed by atoms with Crippen LogP contribution in [-0.4, -0.2) is 42.9 Å². The van der Waals surface area contributed by atoms with E-state index >= 15 is 0 Å². The van der Waals surface area contributed by atoms with Gasteiger partial charge in [0.25, 0.3) is 0 Å². The molecular weight excluding hydrogens is 389 g/mol. The Labute approximate surface area is 163 Å². The van der Waals surface area contributed by atoms with Crippen LogP contribution in [0.25, 0.3) is 0 Å². The number of nitrogens with zero attached hydrogens (tertiary/aromatic N) is 5. The van der Waals surface area contributed by atoms with Crippen molar-refractivity contribution < 1.29 is 18.3 Å². The minimum Gasteiger partial charge on any atom is -0.381 e. The van der Waals surface area contributed by atoms with Crippen molar-refractivity contribution in [3.05, 3.63) is 83.2 Å². The predicted octanol–water partition coefficient (Wildman–Crippen LogP) is 1.36. The highest BCUT2D eigenvalue weighted by Crippen LogP contribution is 2.29. The Kier molecular flexibility index (Phi) is 5.78. The van der Waals surface area contributed by atoms with E-state index in [0.717, 1.165) is 18.3 Å². The van der Waals surface area contributed by atoms with E-state index in [9.17, 15) is 23.1 Å². The zero-order chi connectivity index (χ0) is 21.0. The number of hydrogen-bond donors (Lipinski definition) is 2. The van der Waals surface area contributed by atoms with Crippen molar-refractivity contribution in [1.29, 1.82) is 0 Å². The monoisotopic (exact) mass is 406 g/mol. The van der Waals surface area contributed by atoms with Crippen LogP contribution >= 0.6 is 0 Å². The summed E-state index contributed by atoms with van der Waals surface area (Å²) in [5.41, 5.74) is -3.04. The van der Waals surface area contributed by atoms with E-state index in [0.29, 0.717) is 6.07 Å². The first-order chi connectivity index (χ1) is 13.8. The highest BCUT2D eigenvalue weighted by atomic mass is 19.1. The quantitative estimate of drug-likeness (QED) is 0.548. The number of aromatic amines is 1. The summed E-state index contributed by atoms with van der Waals surface area (Å²) in [6.45, 7) is 2.91. The topological polar surface area (TPSA) is 99.9 Å². The molecule has 0 saturated heterocycles. The largest absolute Gasteiger partial charge is 0.381 e. The number of rotatable bonds is 8. The Morgan fingerprint density at radius 3 is 2.76 bits per heavy atom. The van der Waals surface area contributed by atoms with Crippen LogP contribution in [0.5, 0.6) is 0 Å². The van der Waals surface area contributed by atoms with Gasteiger partial charge in [-0.2, -0.15) is 10.1 Å². The Morgan fingerprint density at radius 1 is 1.31 bits per heavy atom. The molecule has 1 unspecified atom stereocenters. The van der Waals surface area contributed by atoms with E-state index in [1.54, 1.807) is 0 Å². The first kappa shape index (κ1) is 20.3. The second-order valence-electron chi connectivity index (χ2n) is 6.30. The molecule has 8 nitrogen and oxygen atoms in total. The van der Waals surface area contributed by atoms with Crippen molar-refractivity contribution in [2.45, 2.75) is 12.1 Å². The van der Waals surface area contributed by atoms with Crippen LogP contribution in [0.2, 0.25) is 0 Å². The summed E-state index contributed by atoms with van der Waals surface area (Å²) in [6.07, 6.45) is 4.68. The third-order valence-corrected chi connectivity index (χ3v) is 4.19. The van der Waals surface area contributed by atoms with Crippen LogP contribution in [-0.2, 0) is 12.1 Å². The molecule has 2 N–H and O–H groups in total. The summed E-state index contributed by atoms with van der Waals surface area (Å²) in [5.74, 6) is -2.92. The second kappa shape index (κ2) is 8.27. The third kappa shape index (κ3) is 4.51. The highest BCUT2D eigenvalue weighted by Gasteiger charge is 2.36. The zero-order valence-electron chi connectivity index (χ0n) is 15.1. The molecule has 0 radical (unpaired) electrons. The summed E-state index contributed by atoms with van der Waals surface area (Å²) < 4.78 is 43.5. The summed E-state index contributed by atoms with van der Waals surface area (Å²) in [4.78, 5) is 22.1. The zero-order valence-corrected chi connectivity index (χ0v) is 15.1. The molecular formula is C18H17F3N6O2. The molecule has 152 valence electrons. The number of benzene rings is 1. The summed E-state index contributed by atoms with van der Waals surface area (Å²) in [5, 5.41) is 15.3. The van der Waals surface area contributed by atoms with E-state index in [1.165, 1.54) is 28.3 Å². The van der Waals surface area contributed by atoms with E-state index in [4.69, 9.17) is 0 Å². The minimum absolute atomic E-state index is 0.000641. The maximum Gasteiger partial charge on any atom is 0.346 e. The lowest BCUT2D eigenvalue weighted by atomic mass is 9.92. The Hall–Kier alpha value is -3.47. The van der Waals surface area contributed by atoms with Gasteiger partial charge in [-0.25, -0.2) is 27.6 Å². The first-order valence-electron chi connectivity index (χ1n) is 8.43. The average molecular weight is 406 g/mol. The lowest BCUT2D eigenvalue weighted by Crippen LogP contribution is -2.46. The molecule has 2 heterocycles. The van der Waals surface area contributed by atoms with Gasteiger partial charge in [0, 0.05) is 18.2 Å². The van der Waals surface area contributed by atoms with E-state index < -0.39 is 35.3 Å². The maximum atomic E-state index is 14.5. The molecule has 0 aliphatic rings. The maximum absolute atomic E-state index is 14.5. The van der Waals surface area contributed by atoms with Crippen LogP contribution in [0.1, 0.15) is 5.56 Å². The van der Waals surface area contributed by atoms with Gasteiger partial charge in [0.05, 0.1) is 19.3 Å². The lowest BCUT2D eigenvalue weighted by molar-refractivity contribution is 0.0187. The molecule has 11 heteroatoms. The smallest absolute Gasteiger partial charge is 0.346 e. The lowest BCUT2D eigenvalue weighted by Gasteiger charge is -2.35. The van der Waals surface area contributed by atoms with Crippen LogP contribution in [0.4, 0.5) is 19.0 Å². The van der Waals surface area contributed by atoms with Gasteiger partial charge in [-0.3, -0.25) is 4.98 Å². The minimum atomic E-state index is -2.00. The molecule has 0 amide bonds. The van der Waals surface area contributed by atoms with E-state index in [-0.39, 0.29) is 24.5 Å². The fourth-order valence-electron chi connectivity index (χ4n) is 2.98. The highest BCUT2D eigenvalue weighted by molar-refractivity contribution is 5.41. The number of nitrogens with one attached hydrogen (secondary N) is 1. The normalized spacial score (nSPS) is 13.1. The molecule has 0 spiro atoms. The van der Waals surface area contributed by atoms with Crippen molar-refractivity contribution in [3.8, 4) is 0 Å². The Bertz CT molecular complexity index is 1060. The second-order valence-corrected chi connectivity index (χ2v) is 6.30. The van der Waals surface area contributed by atoms with Gasteiger partial charge in [-0.15, -0.1) is 6.58 Å². The van der Waals surface area contributed by atoms with Crippen molar-refractivity contribution >= 4 is 5.82 Å². The standard InChI is InChI=1S/C18H17F3N6O2/c1-2-5-26(16-15(21)7-23-17(28)25-16)8-18(29,9-27-11-22-10-24-27)13-4-3-12(19)6-14(13)20/h2-4,6-7,10-11,29H,1,5,8-9H2,(H,23,25,28). The molecule has 0 saturated carbocycles. The van der Waals surface area contributed by atoms with Crippen LogP contribution < -0.4 is 10.6 Å². The number of aliphatic hydroxyl groups is 1. The predicted molar refractivity (Wildman–Crippen MR) is 97.5 cm³/mol. The number of halogens is 3. The molecule has 0 aliphatic carbocycles. The van der Waals surface area contributed by atoms with Crippen molar-refractivity contribution in [2.75, 3.05) is 18.0 Å². The van der Waals surface area contributed by atoms with Crippen LogP contribution in [0.3, 0.4) is 0 Å². The van der Waals surface area contributed by atoms with Crippen LogP contribution in [0.15, 0.2) is 54.5 Å². The number of anilines is 1. The molecule has 1 aromatic carbocycles. The molecule has 0 bridgehead atoms. The SMILES string of the molecule is C=CCN(CC(O)(Cn1cncn1)c1ccc(F)cc1F)c1[nH]c(=O)ncc1F. The van der Waals surface area contributed by atoms with Crippen LogP contribution in [0, 0.1) is 17.5 Å². The van der Waals surface area contributed by atoms with E-state index in [2.05, 4.69) is 26.6 Å². The van der Waals surface area contributed by atoms with Gasteiger partial charge < -0.3 is 10.0 Å². The van der Waals surface area contributed by atoms with Gasteiger partial charge in [-0.05, 0) is 6.07 Å². The number of hydrogen-bond acceptors (Lipinski definition) is 6. The third-order valence-electron chi connectivity index (χ3n) is 4.19. The Morgan fingerprint density at radius 2 is 2.10 bits per heavy atom. The van der Waals surface area contributed by atoms with Gasteiger partial charge in [-0.1, -0.05) is 12.1 Å². The summed E-state index contributed by atoms with van der Waals surface area (Å²) in [7, 11) is 0. The molecule has 2 aromatic heterocycles. The van der Waals surface area contributed by atoms with Crippen molar-refractivity contribution in [1.82, 2.24) is 24.7 Å². The van der Waals surface area contributed by atoms with Crippen molar-refractivity contribution in [2.24, 2.45) is 0 Å². The molecule has 3 rings (SSSR count). The number of H-pyrrole nitrogens is 1. The van der Waals surface area contributed by atoms with E-state index in [1.807, 2.05) is 0 Å². The molecule has 29 heavy (non-hydrogen) atoms. The molecule has 3 aromatic rings. The average Bonchev–Trinajstić information content (AvgIpc) is 3.16. The Balaban J connectivity index is 2.07. The molecule has 1 atom stereocenters. The molecule has 0 fully saturated rings. The fraction of sp³-hybridized carbons (Fsp3) is 0.222. The first-order valence-corrected chi connectivity index (χ1v) is 8.43. The fourth-order valence-corrected chi connectivity index (χ4v) is 2.98. The molecule has 0 aliphatic heterocycles. The summed E-state index contributed by atoms with van der Waals surface area (Å²) >= 11 is 0. The number of aromatic nitrogens is 5. The van der Waals surface area contributed by atoms with Gasteiger partial charge in [0.1, 0.15) is 35.7 Å². The van der Waals surface area contributed by atoms with Gasteiger partial charge >= 0.3 is 5.69 Å².